The van der Waals surface area contributed by atoms with Gasteiger partial charge in [-0.15, -0.1) is 11.8 Å². The molecule has 4 atom stereocenters. The van der Waals surface area contributed by atoms with Crippen LogP contribution in [-0.2, 0) is 14.4 Å². The third-order valence-corrected chi connectivity index (χ3v) is 7.92. The standard InChI is InChI=1S/C22H25N3O7S/c1-24(2)9-5-6-10(26)12-16(27)13-11(33-18(9)12)7-8-15(25(3)4)17(28)14(21(23)31)20(30)22(8,32)19(13)29/h5-6,8,11,15,26-27,30,32H,7H2,1-4H3,(H2,23,31)/t8-,11-,15-,22-/m0/s1. The maximum atomic E-state index is 13.7. The molecule has 1 amide bonds. The fourth-order valence-electron chi connectivity index (χ4n) is 5.06. The van der Waals surface area contributed by atoms with Crippen LogP contribution in [0.25, 0.3) is 5.76 Å². The number of amides is 1. The number of Topliss-reactive ketones (excluding diaryl/α,β-unsaturated/α-hetero) is 2. The minimum atomic E-state index is -2.64. The monoisotopic (exact) mass is 475 g/mol. The van der Waals surface area contributed by atoms with Gasteiger partial charge in [-0.1, -0.05) is 0 Å². The van der Waals surface area contributed by atoms with E-state index in [1.54, 1.807) is 39.2 Å². The number of carbonyl (C=O) groups excluding carboxylic acids is 3. The fourth-order valence-corrected chi connectivity index (χ4v) is 6.67. The molecule has 1 aliphatic heterocycles. The van der Waals surface area contributed by atoms with Crippen molar-refractivity contribution >= 4 is 40.7 Å². The minimum absolute atomic E-state index is 0.0267. The van der Waals surface area contributed by atoms with Crippen molar-refractivity contribution in [2.45, 2.75) is 28.2 Å². The summed E-state index contributed by atoms with van der Waals surface area (Å²) in [4.78, 5) is 42.5. The number of aromatic hydroxyl groups is 1. The van der Waals surface area contributed by atoms with E-state index in [-0.39, 0.29) is 23.3 Å². The highest BCUT2D eigenvalue weighted by Gasteiger charge is 2.64. The lowest BCUT2D eigenvalue weighted by atomic mass is 9.62. The molecule has 3 aliphatic rings. The van der Waals surface area contributed by atoms with Crippen molar-refractivity contribution in [3.05, 3.63) is 34.6 Å². The van der Waals surface area contributed by atoms with Crippen LogP contribution in [-0.4, -0.2) is 87.9 Å². The summed E-state index contributed by atoms with van der Waals surface area (Å²) in [6.45, 7) is 0. The van der Waals surface area contributed by atoms with Crippen LogP contribution in [0, 0.1) is 5.92 Å². The van der Waals surface area contributed by atoms with Crippen molar-refractivity contribution in [3.63, 3.8) is 0 Å². The summed E-state index contributed by atoms with van der Waals surface area (Å²) in [7, 11) is 6.71. The van der Waals surface area contributed by atoms with Crippen LogP contribution >= 0.6 is 11.8 Å². The normalized spacial score (nSPS) is 29.1. The van der Waals surface area contributed by atoms with Gasteiger partial charge in [-0.25, -0.2) is 0 Å². The lowest BCUT2D eigenvalue weighted by Crippen LogP contribution is -2.66. The second-order valence-corrected chi connectivity index (χ2v) is 10.1. The second kappa shape index (κ2) is 7.51. The summed E-state index contributed by atoms with van der Waals surface area (Å²) in [5.41, 5.74) is 2.38. The number of ketones is 2. The molecule has 0 aromatic heterocycles. The van der Waals surface area contributed by atoms with E-state index in [0.29, 0.717) is 10.6 Å². The first-order chi connectivity index (χ1) is 15.3. The van der Waals surface area contributed by atoms with Crippen LogP contribution < -0.4 is 10.6 Å². The largest absolute Gasteiger partial charge is 0.508 e. The van der Waals surface area contributed by atoms with Crippen molar-refractivity contribution in [1.29, 1.82) is 0 Å². The Labute approximate surface area is 194 Å². The molecule has 1 fully saturated rings. The van der Waals surface area contributed by atoms with Gasteiger partial charge in [0.2, 0.25) is 5.78 Å². The highest BCUT2D eigenvalue weighted by Crippen LogP contribution is 2.56. The van der Waals surface area contributed by atoms with Crippen LogP contribution in [0.2, 0.25) is 0 Å². The molecule has 10 nitrogen and oxygen atoms in total. The molecule has 1 heterocycles. The van der Waals surface area contributed by atoms with Gasteiger partial charge in [-0.2, -0.15) is 0 Å². The number of benzene rings is 1. The summed E-state index contributed by atoms with van der Waals surface area (Å²) in [6, 6.07) is 1.96. The predicted molar refractivity (Wildman–Crippen MR) is 121 cm³/mol. The number of nitrogens with zero attached hydrogens (tertiary/aromatic N) is 2. The third-order valence-electron chi connectivity index (χ3n) is 6.56. The predicted octanol–water partition coefficient (Wildman–Crippen LogP) is 0.332. The number of hydrogen-bond acceptors (Lipinski definition) is 10. The summed E-state index contributed by atoms with van der Waals surface area (Å²) in [6.07, 6.45) is 0.0267. The number of aliphatic hydroxyl groups excluding tert-OH is 2. The Morgan fingerprint density at radius 3 is 2.33 bits per heavy atom. The molecule has 0 radical (unpaired) electrons. The smallest absolute Gasteiger partial charge is 0.255 e. The van der Waals surface area contributed by atoms with Crippen LogP contribution in [0.5, 0.6) is 5.75 Å². The first-order valence-electron chi connectivity index (χ1n) is 10.2. The van der Waals surface area contributed by atoms with Gasteiger partial charge in [0, 0.05) is 30.2 Å². The Balaban J connectivity index is 1.99. The molecule has 33 heavy (non-hydrogen) atoms. The maximum absolute atomic E-state index is 13.7. The first kappa shape index (κ1) is 23.1. The van der Waals surface area contributed by atoms with Crippen LogP contribution in [0.1, 0.15) is 12.0 Å². The number of thioether (sulfide) groups is 1. The summed E-state index contributed by atoms with van der Waals surface area (Å²) in [5.74, 6) is -6.06. The highest BCUT2D eigenvalue weighted by molar-refractivity contribution is 8.00. The molecule has 1 aromatic carbocycles. The number of nitrogens with two attached hydrogens (primary N) is 1. The molecule has 1 saturated carbocycles. The lowest BCUT2D eigenvalue weighted by Gasteiger charge is -2.50. The zero-order valence-corrected chi connectivity index (χ0v) is 19.3. The molecule has 4 rings (SSSR count). The number of anilines is 1. The second-order valence-electron chi connectivity index (χ2n) is 8.87. The molecule has 2 aliphatic carbocycles. The van der Waals surface area contributed by atoms with Gasteiger partial charge in [0.1, 0.15) is 22.8 Å². The van der Waals surface area contributed by atoms with Crippen molar-refractivity contribution < 1.29 is 34.8 Å². The molecular weight excluding hydrogens is 450 g/mol. The summed E-state index contributed by atoms with van der Waals surface area (Å²) < 4.78 is 0. The van der Waals surface area contributed by atoms with E-state index in [9.17, 15) is 34.8 Å². The lowest BCUT2D eigenvalue weighted by molar-refractivity contribution is -0.151. The number of carbonyl (C=O) groups is 3. The zero-order chi connectivity index (χ0) is 24.6. The average Bonchev–Trinajstić information content (AvgIpc) is 2.70. The number of primary amides is 1. The quantitative estimate of drug-likeness (QED) is 0.385. The highest BCUT2D eigenvalue weighted by atomic mass is 32.2. The van der Waals surface area contributed by atoms with E-state index < -0.39 is 57.4 Å². The van der Waals surface area contributed by atoms with Crippen LogP contribution in [0.15, 0.2) is 33.9 Å². The number of phenols is 1. The van der Waals surface area contributed by atoms with Crippen molar-refractivity contribution in [2.75, 3.05) is 33.1 Å². The third kappa shape index (κ3) is 2.99. The molecular formula is C22H25N3O7S. The van der Waals surface area contributed by atoms with Gasteiger partial charge in [0.15, 0.2) is 11.4 Å². The Hall–Kier alpha value is -3.02. The van der Waals surface area contributed by atoms with E-state index in [1.165, 1.54) is 22.7 Å². The Kier molecular flexibility index (Phi) is 5.26. The zero-order valence-electron chi connectivity index (χ0n) is 18.5. The van der Waals surface area contributed by atoms with Crippen molar-refractivity contribution in [2.24, 2.45) is 11.7 Å². The Morgan fingerprint density at radius 1 is 1.15 bits per heavy atom. The molecule has 0 saturated heterocycles. The molecule has 0 spiro atoms. The van der Waals surface area contributed by atoms with Gasteiger partial charge in [0.05, 0.1) is 22.9 Å². The number of rotatable bonds is 3. The van der Waals surface area contributed by atoms with E-state index in [4.69, 9.17) is 5.73 Å². The molecule has 11 heteroatoms. The maximum Gasteiger partial charge on any atom is 0.255 e. The van der Waals surface area contributed by atoms with E-state index in [2.05, 4.69) is 0 Å². The van der Waals surface area contributed by atoms with E-state index >= 15 is 0 Å². The summed E-state index contributed by atoms with van der Waals surface area (Å²) >= 11 is 1.22. The number of likely N-dealkylation sites (N-methyl/N-ethyl adjacent to an activating group) is 1. The number of hydrogen-bond donors (Lipinski definition) is 5. The van der Waals surface area contributed by atoms with Crippen LogP contribution in [0.3, 0.4) is 0 Å². The van der Waals surface area contributed by atoms with Crippen LogP contribution in [0.4, 0.5) is 5.69 Å². The number of aliphatic hydroxyl groups is 3. The first-order valence-corrected chi connectivity index (χ1v) is 11.1. The van der Waals surface area contributed by atoms with E-state index in [0.717, 1.165) is 0 Å². The van der Waals surface area contributed by atoms with Gasteiger partial charge < -0.3 is 31.1 Å². The molecule has 176 valence electrons. The Bertz CT molecular complexity index is 1170. The molecule has 6 N–H and O–H groups in total. The number of fused-ring (bicyclic) bond motifs is 3. The van der Waals surface area contributed by atoms with Gasteiger partial charge in [-0.3, -0.25) is 19.3 Å². The van der Waals surface area contributed by atoms with E-state index in [1.807, 2.05) is 0 Å². The number of phenolic OH excluding ortho intramolecular Hbond substituents is 1. The topological polar surface area (TPSA) is 165 Å². The van der Waals surface area contributed by atoms with Gasteiger partial charge >= 0.3 is 0 Å². The average molecular weight is 476 g/mol. The van der Waals surface area contributed by atoms with Crippen molar-refractivity contribution in [1.82, 2.24) is 4.90 Å². The Morgan fingerprint density at radius 2 is 1.79 bits per heavy atom. The summed E-state index contributed by atoms with van der Waals surface area (Å²) in [5, 5.41) is 43.2. The molecule has 0 bridgehead atoms. The van der Waals surface area contributed by atoms with Gasteiger partial charge in [-0.05, 0) is 32.6 Å². The van der Waals surface area contributed by atoms with Gasteiger partial charge in [0.25, 0.3) is 5.91 Å². The fraction of sp³-hybridized carbons (Fsp3) is 0.409. The minimum Gasteiger partial charge on any atom is -0.508 e. The van der Waals surface area contributed by atoms with Crippen molar-refractivity contribution in [3.8, 4) is 5.75 Å². The molecule has 1 aromatic rings. The molecule has 0 unspecified atom stereocenters. The SMILES string of the molecule is CN(C)c1ccc(O)c2c1S[C@H]1C[C@H]3[C@H](N(C)C)C(=O)C(C(N)=O)=C(O)[C@@]3(O)C(=O)C1=C2O.